The first kappa shape index (κ1) is 14.0. The molecule has 2 rings (SSSR count). The van der Waals surface area contributed by atoms with Gasteiger partial charge in [0, 0.05) is 17.6 Å². The van der Waals surface area contributed by atoms with E-state index in [1.807, 2.05) is 12.3 Å². The summed E-state index contributed by atoms with van der Waals surface area (Å²) < 4.78 is 0. The maximum atomic E-state index is 5.76. The van der Waals surface area contributed by atoms with Crippen LogP contribution in [0.5, 0.6) is 0 Å². The number of hydrazine groups is 1. The third-order valence-corrected chi connectivity index (χ3v) is 4.22. The summed E-state index contributed by atoms with van der Waals surface area (Å²) in [5.74, 6) is 5.76. The molecular formula is C16H23N3. The van der Waals surface area contributed by atoms with Crippen molar-refractivity contribution in [1.82, 2.24) is 10.4 Å². The van der Waals surface area contributed by atoms with Gasteiger partial charge in [-0.2, -0.15) is 0 Å². The van der Waals surface area contributed by atoms with Crippen LogP contribution in [0.3, 0.4) is 0 Å². The quantitative estimate of drug-likeness (QED) is 0.639. The summed E-state index contributed by atoms with van der Waals surface area (Å²) in [4.78, 5) is 4.41. The lowest BCUT2D eigenvalue weighted by atomic mass is 9.79. The molecule has 1 aromatic heterocycles. The lowest BCUT2D eigenvalue weighted by molar-refractivity contribution is 0.232. The highest BCUT2D eigenvalue weighted by Gasteiger charge is 2.27. The number of pyridine rings is 1. The molecule has 0 aliphatic carbocycles. The van der Waals surface area contributed by atoms with Crippen molar-refractivity contribution in [2.45, 2.75) is 39.7 Å². The van der Waals surface area contributed by atoms with Crippen LogP contribution in [-0.2, 0) is 6.42 Å². The molecule has 0 fully saturated rings. The Bertz CT molecular complexity index is 543. The van der Waals surface area contributed by atoms with E-state index in [0.29, 0.717) is 0 Å². The molecule has 0 aliphatic rings. The number of fused-ring (bicyclic) bond motifs is 1. The highest BCUT2D eigenvalue weighted by atomic mass is 15.2. The van der Waals surface area contributed by atoms with Crippen LogP contribution in [0.15, 0.2) is 36.5 Å². The summed E-state index contributed by atoms with van der Waals surface area (Å²) in [6.45, 7) is 6.71. The van der Waals surface area contributed by atoms with Gasteiger partial charge >= 0.3 is 0 Å². The summed E-state index contributed by atoms with van der Waals surface area (Å²) in [6, 6.07) is 10.6. The Balaban J connectivity index is 2.35. The number of nitrogens with one attached hydrogen (secondary N) is 1. The predicted octanol–water partition coefficient (Wildman–Crippen LogP) is 3.05. The van der Waals surface area contributed by atoms with Crippen LogP contribution in [0.1, 0.15) is 32.8 Å². The van der Waals surface area contributed by atoms with Gasteiger partial charge in [0.25, 0.3) is 0 Å². The molecule has 2 aromatic rings. The van der Waals surface area contributed by atoms with E-state index < -0.39 is 0 Å². The standard InChI is InChI=1S/C16H23N3/c1-4-16(2,3)15(19-17)11-12-9-10-18-14-8-6-5-7-13(12)14/h5-10,15,19H,4,11,17H2,1-3H3. The molecule has 102 valence electrons. The number of aromatic nitrogens is 1. The van der Waals surface area contributed by atoms with Crippen LogP contribution in [-0.4, -0.2) is 11.0 Å². The molecule has 0 saturated carbocycles. The molecule has 0 bridgehead atoms. The van der Waals surface area contributed by atoms with Crippen molar-refractivity contribution in [2.24, 2.45) is 11.3 Å². The van der Waals surface area contributed by atoms with E-state index in [1.54, 1.807) is 0 Å². The molecule has 0 aliphatic heterocycles. The Morgan fingerprint density at radius 3 is 2.68 bits per heavy atom. The molecule has 1 heterocycles. The molecule has 0 amide bonds. The minimum atomic E-state index is 0.166. The molecule has 1 atom stereocenters. The zero-order valence-electron chi connectivity index (χ0n) is 12.0. The molecule has 3 heteroatoms. The first-order valence-electron chi connectivity index (χ1n) is 6.87. The molecule has 0 radical (unpaired) electrons. The van der Waals surface area contributed by atoms with Crippen molar-refractivity contribution in [3.8, 4) is 0 Å². The fourth-order valence-corrected chi connectivity index (χ4v) is 2.36. The average Bonchev–Trinajstić information content (AvgIpc) is 2.44. The van der Waals surface area contributed by atoms with Crippen molar-refractivity contribution < 1.29 is 0 Å². The van der Waals surface area contributed by atoms with E-state index in [9.17, 15) is 0 Å². The van der Waals surface area contributed by atoms with Crippen molar-refractivity contribution in [3.05, 3.63) is 42.1 Å². The Labute approximate surface area is 115 Å². The summed E-state index contributed by atoms with van der Waals surface area (Å²) >= 11 is 0. The van der Waals surface area contributed by atoms with Crippen LogP contribution in [0, 0.1) is 5.41 Å². The topological polar surface area (TPSA) is 50.9 Å². The molecular weight excluding hydrogens is 234 g/mol. The number of nitrogens with two attached hydrogens (primary N) is 1. The molecule has 0 spiro atoms. The zero-order chi connectivity index (χ0) is 13.9. The van der Waals surface area contributed by atoms with Gasteiger partial charge in [0.05, 0.1) is 5.52 Å². The van der Waals surface area contributed by atoms with Gasteiger partial charge in [0.1, 0.15) is 0 Å². The summed E-state index contributed by atoms with van der Waals surface area (Å²) in [7, 11) is 0. The van der Waals surface area contributed by atoms with E-state index in [1.165, 1.54) is 10.9 Å². The Morgan fingerprint density at radius 2 is 2.00 bits per heavy atom. The number of hydrogen-bond donors (Lipinski definition) is 2. The maximum absolute atomic E-state index is 5.76. The van der Waals surface area contributed by atoms with Gasteiger partial charge in [-0.1, -0.05) is 39.0 Å². The highest BCUT2D eigenvalue weighted by Crippen LogP contribution is 2.28. The van der Waals surface area contributed by atoms with Crippen molar-refractivity contribution in [3.63, 3.8) is 0 Å². The number of hydrogen-bond acceptors (Lipinski definition) is 3. The second-order valence-corrected chi connectivity index (χ2v) is 5.75. The maximum Gasteiger partial charge on any atom is 0.0704 e. The largest absolute Gasteiger partial charge is 0.271 e. The highest BCUT2D eigenvalue weighted by molar-refractivity contribution is 5.81. The Kier molecular flexibility index (Phi) is 4.17. The van der Waals surface area contributed by atoms with Gasteiger partial charge in [-0.3, -0.25) is 16.3 Å². The minimum absolute atomic E-state index is 0.166. The second kappa shape index (κ2) is 5.68. The Hall–Kier alpha value is -1.45. The molecule has 3 N–H and O–H groups in total. The Morgan fingerprint density at radius 1 is 1.26 bits per heavy atom. The molecule has 0 saturated heterocycles. The third kappa shape index (κ3) is 2.94. The van der Waals surface area contributed by atoms with Crippen molar-refractivity contribution in [2.75, 3.05) is 0 Å². The molecule has 3 nitrogen and oxygen atoms in total. The summed E-state index contributed by atoms with van der Waals surface area (Å²) in [5, 5.41) is 1.22. The first-order valence-corrected chi connectivity index (χ1v) is 6.87. The first-order chi connectivity index (χ1) is 9.08. The number of rotatable bonds is 5. The SMILES string of the molecule is CCC(C)(C)C(Cc1ccnc2ccccc12)NN. The monoisotopic (exact) mass is 257 g/mol. The molecule has 1 aromatic carbocycles. The van der Waals surface area contributed by atoms with Gasteiger partial charge in [0.15, 0.2) is 0 Å². The van der Waals surface area contributed by atoms with Crippen LogP contribution >= 0.6 is 0 Å². The minimum Gasteiger partial charge on any atom is -0.271 e. The van der Waals surface area contributed by atoms with E-state index in [2.05, 4.69) is 55.4 Å². The van der Waals surface area contributed by atoms with Crippen LogP contribution in [0.4, 0.5) is 0 Å². The second-order valence-electron chi connectivity index (χ2n) is 5.75. The van der Waals surface area contributed by atoms with E-state index >= 15 is 0 Å². The van der Waals surface area contributed by atoms with Gasteiger partial charge in [0.2, 0.25) is 0 Å². The van der Waals surface area contributed by atoms with E-state index in [-0.39, 0.29) is 11.5 Å². The third-order valence-electron chi connectivity index (χ3n) is 4.22. The lowest BCUT2D eigenvalue weighted by Gasteiger charge is -2.33. The van der Waals surface area contributed by atoms with Gasteiger partial charge < -0.3 is 0 Å². The van der Waals surface area contributed by atoms with Crippen LogP contribution < -0.4 is 11.3 Å². The van der Waals surface area contributed by atoms with Crippen molar-refractivity contribution in [1.29, 1.82) is 0 Å². The van der Waals surface area contributed by atoms with E-state index in [0.717, 1.165) is 18.4 Å². The number of benzene rings is 1. The van der Waals surface area contributed by atoms with Gasteiger partial charge in [-0.05, 0) is 36.0 Å². The molecule has 19 heavy (non-hydrogen) atoms. The smallest absolute Gasteiger partial charge is 0.0704 e. The normalized spacial score (nSPS) is 13.7. The lowest BCUT2D eigenvalue weighted by Crippen LogP contribution is -2.46. The van der Waals surface area contributed by atoms with Gasteiger partial charge in [-0.15, -0.1) is 0 Å². The van der Waals surface area contributed by atoms with Crippen molar-refractivity contribution >= 4 is 10.9 Å². The van der Waals surface area contributed by atoms with Gasteiger partial charge in [-0.25, -0.2) is 0 Å². The number of nitrogens with zero attached hydrogens (tertiary/aromatic N) is 1. The predicted molar refractivity (Wildman–Crippen MR) is 80.6 cm³/mol. The summed E-state index contributed by atoms with van der Waals surface area (Å²) in [5.41, 5.74) is 5.50. The fourth-order valence-electron chi connectivity index (χ4n) is 2.36. The molecule has 1 unspecified atom stereocenters. The van der Waals surface area contributed by atoms with E-state index in [4.69, 9.17) is 5.84 Å². The summed E-state index contributed by atoms with van der Waals surface area (Å²) in [6.07, 6.45) is 3.88. The fraction of sp³-hybridized carbons (Fsp3) is 0.438. The van der Waals surface area contributed by atoms with Crippen LogP contribution in [0.2, 0.25) is 0 Å². The number of para-hydroxylation sites is 1. The zero-order valence-corrected chi connectivity index (χ0v) is 12.0. The van der Waals surface area contributed by atoms with Crippen LogP contribution in [0.25, 0.3) is 10.9 Å². The average molecular weight is 257 g/mol.